The van der Waals surface area contributed by atoms with E-state index in [1.54, 1.807) is 11.3 Å². The Morgan fingerprint density at radius 2 is 2.17 bits per heavy atom. The van der Waals surface area contributed by atoms with Crippen molar-refractivity contribution in [3.63, 3.8) is 0 Å². The number of nitrogen functional groups attached to an aromatic ring is 1. The quantitative estimate of drug-likeness (QED) is 0.856. The van der Waals surface area contributed by atoms with Gasteiger partial charge in [0.2, 0.25) is 0 Å². The van der Waals surface area contributed by atoms with E-state index in [-0.39, 0.29) is 0 Å². The van der Waals surface area contributed by atoms with E-state index in [1.807, 2.05) is 13.0 Å². The normalized spacial score (nSPS) is 12.9. The Balaban J connectivity index is 2.34. The molecule has 1 aromatic carbocycles. The Morgan fingerprint density at radius 3 is 2.83 bits per heavy atom. The van der Waals surface area contributed by atoms with Crippen molar-refractivity contribution in [1.82, 2.24) is 4.98 Å². The Hall–Kier alpha value is -1.29. The van der Waals surface area contributed by atoms with E-state index in [2.05, 4.69) is 36.8 Å². The molecule has 0 aliphatic rings. The van der Waals surface area contributed by atoms with Crippen molar-refractivity contribution >= 4 is 32.9 Å². The van der Waals surface area contributed by atoms with Crippen LogP contribution in [0.2, 0.25) is 0 Å². The first-order chi connectivity index (χ1) is 8.51. The third-order valence-corrected chi connectivity index (χ3v) is 4.27. The second kappa shape index (κ2) is 5.14. The molecule has 0 amide bonds. The smallest absolute Gasteiger partial charge is 0.0907 e. The fourth-order valence-corrected chi connectivity index (χ4v) is 2.98. The molecular weight excluding hydrogens is 242 g/mol. The van der Waals surface area contributed by atoms with Gasteiger partial charge in [0.15, 0.2) is 0 Å². The number of rotatable bonds is 4. The van der Waals surface area contributed by atoms with Gasteiger partial charge in [-0.05, 0) is 25.0 Å². The maximum absolute atomic E-state index is 6.15. The summed E-state index contributed by atoms with van der Waals surface area (Å²) in [4.78, 5) is 6.77. The van der Waals surface area contributed by atoms with Crippen molar-refractivity contribution in [1.29, 1.82) is 0 Å². The van der Waals surface area contributed by atoms with Crippen LogP contribution < -0.4 is 10.6 Å². The van der Waals surface area contributed by atoms with E-state index in [0.29, 0.717) is 5.92 Å². The highest BCUT2D eigenvalue weighted by Gasteiger charge is 2.11. The third kappa shape index (κ3) is 2.58. The van der Waals surface area contributed by atoms with Crippen LogP contribution in [0.5, 0.6) is 0 Å². The maximum atomic E-state index is 6.15. The standard InChI is InChI=1S/C14H21N3S/c1-5-9(2)8-17(4)13-7-12-14(6-11(13)15)18-10(3)16-12/h6-7,9H,5,8,15H2,1-4H3. The Bertz CT molecular complexity index is 547. The van der Waals surface area contributed by atoms with Crippen LogP contribution in [0.25, 0.3) is 10.2 Å². The Kier molecular flexibility index (Phi) is 3.76. The van der Waals surface area contributed by atoms with Crippen LogP contribution in [0.4, 0.5) is 11.4 Å². The molecule has 18 heavy (non-hydrogen) atoms. The highest BCUT2D eigenvalue weighted by Crippen LogP contribution is 2.31. The number of fused-ring (bicyclic) bond motifs is 1. The third-order valence-electron chi connectivity index (χ3n) is 3.34. The van der Waals surface area contributed by atoms with Crippen LogP contribution >= 0.6 is 11.3 Å². The lowest BCUT2D eigenvalue weighted by molar-refractivity contribution is 0.560. The van der Waals surface area contributed by atoms with Crippen molar-refractivity contribution in [2.75, 3.05) is 24.2 Å². The average molecular weight is 263 g/mol. The molecule has 0 radical (unpaired) electrons. The molecule has 1 unspecified atom stereocenters. The van der Waals surface area contributed by atoms with Crippen LogP contribution in [-0.4, -0.2) is 18.6 Å². The van der Waals surface area contributed by atoms with Gasteiger partial charge >= 0.3 is 0 Å². The Labute approximate surface area is 113 Å². The van der Waals surface area contributed by atoms with Gasteiger partial charge in [-0.2, -0.15) is 0 Å². The van der Waals surface area contributed by atoms with Crippen molar-refractivity contribution in [3.05, 3.63) is 17.1 Å². The predicted octanol–water partition coefficient (Wildman–Crippen LogP) is 3.67. The minimum absolute atomic E-state index is 0.669. The molecule has 0 aliphatic carbocycles. The fourth-order valence-electron chi connectivity index (χ4n) is 2.12. The van der Waals surface area contributed by atoms with Crippen LogP contribution in [-0.2, 0) is 0 Å². The highest BCUT2D eigenvalue weighted by atomic mass is 32.1. The summed E-state index contributed by atoms with van der Waals surface area (Å²) in [7, 11) is 2.10. The second-order valence-corrected chi connectivity index (χ2v) is 6.24. The molecule has 1 atom stereocenters. The number of hydrogen-bond donors (Lipinski definition) is 1. The molecule has 3 nitrogen and oxygen atoms in total. The van der Waals surface area contributed by atoms with Crippen LogP contribution in [0.3, 0.4) is 0 Å². The van der Waals surface area contributed by atoms with E-state index < -0.39 is 0 Å². The van der Waals surface area contributed by atoms with Crippen LogP contribution in [0, 0.1) is 12.8 Å². The topological polar surface area (TPSA) is 42.2 Å². The van der Waals surface area contributed by atoms with Gasteiger partial charge in [0.05, 0.1) is 26.6 Å². The van der Waals surface area contributed by atoms with Gasteiger partial charge in [-0.3, -0.25) is 0 Å². The molecule has 0 bridgehead atoms. The van der Waals surface area contributed by atoms with Gasteiger partial charge in [0, 0.05) is 13.6 Å². The minimum Gasteiger partial charge on any atom is -0.397 e. The number of aromatic nitrogens is 1. The average Bonchev–Trinajstić information content (AvgIpc) is 2.66. The lowest BCUT2D eigenvalue weighted by atomic mass is 10.1. The molecule has 0 saturated carbocycles. The molecule has 2 rings (SSSR count). The molecule has 2 N–H and O–H groups in total. The largest absolute Gasteiger partial charge is 0.397 e. The molecule has 0 aliphatic heterocycles. The van der Waals surface area contributed by atoms with Crippen molar-refractivity contribution in [2.24, 2.45) is 5.92 Å². The molecule has 0 fully saturated rings. The number of anilines is 2. The summed E-state index contributed by atoms with van der Waals surface area (Å²) >= 11 is 1.70. The molecule has 0 spiro atoms. The van der Waals surface area contributed by atoms with E-state index in [0.717, 1.165) is 28.4 Å². The summed E-state index contributed by atoms with van der Waals surface area (Å²) in [5, 5.41) is 1.09. The predicted molar refractivity (Wildman–Crippen MR) is 81.5 cm³/mol. The van der Waals surface area contributed by atoms with Gasteiger partial charge in [0.1, 0.15) is 0 Å². The zero-order valence-corrected chi connectivity index (χ0v) is 12.3. The molecule has 1 heterocycles. The summed E-state index contributed by atoms with van der Waals surface area (Å²) in [6.45, 7) is 7.53. The van der Waals surface area contributed by atoms with E-state index in [1.165, 1.54) is 11.1 Å². The summed E-state index contributed by atoms with van der Waals surface area (Å²) < 4.78 is 1.17. The molecule has 2 aromatic rings. The number of nitrogens with zero attached hydrogens (tertiary/aromatic N) is 2. The van der Waals surface area contributed by atoms with Crippen molar-refractivity contribution < 1.29 is 0 Å². The van der Waals surface area contributed by atoms with E-state index >= 15 is 0 Å². The van der Waals surface area contributed by atoms with Gasteiger partial charge in [-0.15, -0.1) is 11.3 Å². The second-order valence-electron chi connectivity index (χ2n) is 5.01. The number of thiazole rings is 1. The summed E-state index contributed by atoms with van der Waals surface area (Å²) in [5.41, 5.74) is 9.14. The first-order valence-corrected chi connectivity index (χ1v) is 7.20. The van der Waals surface area contributed by atoms with E-state index in [4.69, 9.17) is 5.73 Å². The molecular formula is C14H21N3S. The maximum Gasteiger partial charge on any atom is 0.0907 e. The number of benzene rings is 1. The SMILES string of the molecule is CCC(C)CN(C)c1cc2nc(C)sc2cc1N. The lowest BCUT2D eigenvalue weighted by Gasteiger charge is -2.24. The van der Waals surface area contributed by atoms with E-state index in [9.17, 15) is 0 Å². The zero-order valence-electron chi connectivity index (χ0n) is 11.5. The number of hydrogen-bond acceptors (Lipinski definition) is 4. The zero-order chi connectivity index (χ0) is 13.3. The summed E-state index contributed by atoms with van der Waals surface area (Å²) in [6.07, 6.45) is 1.18. The number of aryl methyl sites for hydroxylation is 1. The van der Waals surface area contributed by atoms with Crippen LogP contribution in [0.15, 0.2) is 12.1 Å². The van der Waals surface area contributed by atoms with Crippen LogP contribution in [0.1, 0.15) is 25.3 Å². The number of nitrogens with two attached hydrogens (primary N) is 1. The fraction of sp³-hybridized carbons (Fsp3) is 0.500. The van der Waals surface area contributed by atoms with Gasteiger partial charge in [-0.1, -0.05) is 20.3 Å². The molecule has 4 heteroatoms. The first-order valence-electron chi connectivity index (χ1n) is 6.39. The first kappa shape index (κ1) is 13.1. The minimum atomic E-state index is 0.669. The summed E-state index contributed by atoms with van der Waals surface area (Å²) in [6, 6.07) is 4.15. The lowest BCUT2D eigenvalue weighted by Crippen LogP contribution is -2.24. The molecule has 98 valence electrons. The highest BCUT2D eigenvalue weighted by molar-refractivity contribution is 7.18. The summed E-state index contributed by atoms with van der Waals surface area (Å²) in [5.74, 6) is 0.669. The Morgan fingerprint density at radius 1 is 1.44 bits per heavy atom. The van der Waals surface area contributed by atoms with Gasteiger partial charge in [0.25, 0.3) is 0 Å². The van der Waals surface area contributed by atoms with Gasteiger partial charge in [-0.25, -0.2) is 4.98 Å². The van der Waals surface area contributed by atoms with Crippen molar-refractivity contribution in [3.8, 4) is 0 Å². The molecule has 0 saturated heterocycles. The van der Waals surface area contributed by atoms with Crippen molar-refractivity contribution in [2.45, 2.75) is 27.2 Å². The monoisotopic (exact) mass is 263 g/mol. The van der Waals surface area contributed by atoms with Gasteiger partial charge < -0.3 is 10.6 Å². The molecule has 1 aromatic heterocycles.